The molecule has 0 fully saturated rings. The number of fused-ring (bicyclic) bond motifs is 6. The van der Waals surface area contributed by atoms with Gasteiger partial charge in [0.15, 0.2) is 0 Å². The van der Waals surface area contributed by atoms with Crippen molar-refractivity contribution in [3.05, 3.63) is 336 Å². The van der Waals surface area contributed by atoms with Crippen LogP contribution < -0.4 is 4.90 Å². The largest absolute Gasteiger partial charge is 0.310 e. The number of rotatable bonds is 11. The number of allylic oxidation sites excluding steroid dienone is 5. The molecule has 0 saturated heterocycles. The summed E-state index contributed by atoms with van der Waals surface area (Å²) in [4.78, 5) is 2.51. The lowest BCUT2D eigenvalue weighted by atomic mass is 9.67. The van der Waals surface area contributed by atoms with Crippen LogP contribution in [0.1, 0.15) is 57.0 Å². The first kappa shape index (κ1) is 42.6. The molecule has 12 rings (SSSR count). The van der Waals surface area contributed by atoms with Crippen LogP contribution >= 0.6 is 0 Å². The molecule has 0 heterocycles. The lowest BCUT2D eigenvalue weighted by molar-refractivity contribution is 0.766. The van der Waals surface area contributed by atoms with Gasteiger partial charge >= 0.3 is 0 Å². The molecule has 332 valence electrons. The molecule has 0 N–H and O–H groups in total. The van der Waals surface area contributed by atoms with Gasteiger partial charge < -0.3 is 4.90 Å². The highest BCUT2D eigenvalue weighted by Gasteiger charge is 2.49. The first-order valence-corrected chi connectivity index (χ1v) is 24.3. The Bertz CT molecular complexity index is 3520. The summed E-state index contributed by atoms with van der Waals surface area (Å²) in [5.41, 5.74) is 21.3. The van der Waals surface area contributed by atoms with Crippen molar-refractivity contribution in [2.45, 2.75) is 17.8 Å². The van der Waals surface area contributed by atoms with Gasteiger partial charge in [-0.1, -0.05) is 249 Å². The highest BCUT2D eigenvalue weighted by Crippen LogP contribution is 2.61. The van der Waals surface area contributed by atoms with Gasteiger partial charge in [0.25, 0.3) is 0 Å². The quantitative estimate of drug-likeness (QED) is 0.117. The molecule has 10 aromatic rings. The number of nitrogens with zero attached hydrogens (tertiary/aromatic N) is 1. The van der Waals surface area contributed by atoms with Crippen LogP contribution in [0.15, 0.2) is 286 Å². The topological polar surface area (TPSA) is 3.24 Å². The number of hydrogen-bond donors (Lipinski definition) is 0. The first-order valence-electron chi connectivity index (χ1n) is 24.3. The van der Waals surface area contributed by atoms with Crippen molar-refractivity contribution >= 4 is 22.6 Å². The Labute approximate surface area is 412 Å². The summed E-state index contributed by atoms with van der Waals surface area (Å²) < 4.78 is 0. The van der Waals surface area contributed by atoms with E-state index in [0.29, 0.717) is 0 Å². The molecular weight excluding hydrogens is 843 g/mol. The minimum Gasteiger partial charge on any atom is -0.310 e. The second-order valence-electron chi connectivity index (χ2n) is 18.4. The maximum atomic E-state index is 4.65. The van der Waals surface area contributed by atoms with E-state index in [1.807, 2.05) is 13.0 Å². The van der Waals surface area contributed by atoms with Crippen LogP contribution in [0.5, 0.6) is 0 Å². The van der Waals surface area contributed by atoms with Crippen molar-refractivity contribution in [1.29, 1.82) is 0 Å². The minimum absolute atomic E-state index is 0.527. The van der Waals surface area contributed by atoms with Crippen LogP contribution in [0.3, 0.4) is 0 Å². The normalized spacial score (nSPS) is 13.7. The fourth-order valence-electron chi connectivity index (χ4n) is 11.8. The summed E-state index contributed by atoms with van der Waals surface area (Å²) in [5.74, 6) is 0. The lowest BCUT2D eigenvalue weighted by Gasteiger charge is -2.38. The summed E-state index contributed by atoms with van der Waals surface area (Å²) in [5, 5.41) is 0. The molecule has 1 nitrogen and oxygen atoms in total. The van der Waals surface area contributed by atoms with E-state index in [4.69, 9.17) is 0 Å². The average Bonchev–Trinajstić information content (AvgIpc) is 3.91. The Balaban J connectivity index is 1.16. The third-order valence-corrected chi connectivity index (χ3v) is 14.7. The van der Waals surface area contributed by atoms with Crippen LogP contribution in [0.4, 0.5) is 17.1 Å². The van der Waals surface area contributed by atoms with E-state index in [2.05, 4.69) is 284 Å². The zero-order chi connectivity index (χ0) is 47.1. The minimum atomic E-state index is -0.642. The van der Waals surface area contributed by atoms with Gasteiger partial charge in [-0.15, -0.1) is 0 Å². The Morgan fingerprint density at radius 1 is 0.386 bits per heavy atom. The van der Waals surface area contributed by atoms with Gasteiger partial charge in [-0.05, 0) is 127 Å². The molecular formula is C69H51N. The molecule has 0 unspecified atom stereocenters. The van der Waals surface area contributed by atoms with Gasteiger partial charge in [-0.25, -0.2) is 0 Å². The van der Waals surface area contributed by atoms with E-state index < -0.39 is 10.8 Å². The molecule has 1 heteroatoms. The molecule has 0 radical (unpaired) electrons. The maximum absolute atomic E-state index is 4.65. The van der Waals surface area contributed by atoms with Crippen molar-refractivity contribution in [2.24, 2.45) is 0 Å². The van der Waals surface area contributed by atoms with E-state index in [1.54, 1.807) is 0 Å². The van der Waals surface area contributed by atoms with Gasteiger partial charge in [-0.3, -0.25) is 0 Å². The summed E-state index contributed by atoms with van der Waals surface area (Å²) in [6, 6.07) is 94.4. The van der Waals surface area contributed by atoms with E-state index in [0.717, 1.165) is 39.3 Å². The standard InChI is InChI=1S/C69H51N/c1-3-4-9-25-49(2)51-46-52(50-26-10-5-11-27-50)48-58(47-51)70(57-44-42-56(43-45-57)68(53-28-12-6-13-29-53)63-38-21-18-34-59(63)60-35-19-22-39-64(60)68)66-41-24-37-62-61-36-20-23-40-65(61)69(67(62)66,54-30-14-7-15-31-54)55-32-16-8-17-33-55/h3-48H,2H2,1H3/b4-3-,25-9-. The van der Waals surface area contributed by atoms with Crippen LogP contribution in [-0.2, 0) is 10.8 Å². The van der Waals surface area contributed by atoms with Crippen LogP contribution in [0.25, 0.3) is 39.0 Å². The van der Waals surface area contributed by atoms with Crippen LogP contribution in [0, 0.1) is 0 Å². The van der Waals surface area contributed by atoms with E-state index in [9.17, 15) is 0 Å². The third-order valence-electron chi connectivity index (χ3n) is 14.7. The number of anilines is 3. The fourth-order valence-corrected chi connectivity index (χ4v) is 11.8. The summed E-state index contributed by atoms with van der Waals surface area (Å²) >= 11 is 0. The Hall–Kier alpha value is -8.78. The Kier molecular flexibility index (Phi) is 10.8. The molecule has 70 heavy (non-hydrogen) atoms. The molecule has 2 aliphatic carbocycles. The van der Waals surface area contributed by atoms with Crippen molar-refractivity contribution in [2.75, 3.05) is 4.90 Å². The van der Waals surface area contributed by atoms with Crippen molar-refractivity contribution < 1.29 is 0 Å². The SMILES string of the molecule is C=C(/C=C\C=C/C)c1cc(-c2ccccc2)cc(N(c2ccc(C3(c4ccccc4)c4ccccc4-c4ccccc43)cc2)c2cccc3c2C(c2ccccc2)(c2ccccc2)c2ccccc2-3)c1. The molecule has 0 spiro atoms. The molecule has 2 aliphatic rings. The van der Waals surface area contributed by atoms with E-state index in [1.165, 1.54) is 66.8 Å². The van der Waals surface area contributed by atoms with Crippen LogP contribution in [-0.4, -0.2) is 0 Å². The highest BCUT2D eigenvalue weighted by molar-refractivity contribution is 5.96. The molecule has 0 amide bonds. The molecule has 0 saturated carbocycles. The van der Waals surface area contributed by atoms with Gasteiger partial charge in [0.05, 0.1) is 16.5 Å². The monoisotopic (exact) mass is 893 g/mol. The van der Waals surface area contributed by atoms with Gasteiger partial charge in [0.1, 0.15) is 0 Å². The second-order valence-corrected chi connectivity index (χ2v) is 18.4. The van der Waals surface area contributed by atoms with Gasteiger partial charge in [0, 0.05) is 16.9 Å². The summed E-state index contributed by atoms with van der Waals surface area (Å²) in [7, 11) is 0. The van der Waals surface area contributed by atoms with Gasteiger partial charge in [-0.2, -0.15) is 0 Å². The zero-order valence-corrected chi connectivity index (χ0v) is 39.2. The van der Waals surface area contributed by atoms with Crippen molar-refractivity contribution in [3.8, 4) is 33.4 Å². The Morgan fingerprint density at radius 3 is 1.40 bits per heavy atom. The second kappa shape index (κ2) is 17.7. The van der Waals surface area contributed by atoms with E-state index >= 15 is 0 Å². The number of hydrogen-bond acceptors (Lipinski definition) is 1. The molecule has 0 bridgehead atoms. The third kappa shape index (κ3) is 6.69. The molecule has 0 aliphatic heterocycles. The van der Waals surface area contributed by atoms with Gasteiger partial charge in [0.2, 0.25) is 0 Å². The first-order chi connectivity index (χ1) is 34.6. The van der Waals surface area contributed by atoms with E-state index in [-0.39, 0.29) is 0 Å². The average molecular weight is 894 g/mol. The molecule has 10 aromatic carbocycles. The lowest BCUT2D eigenvalue weighted by Crippen LogP contribution is -2.30. The molecule has 0 atom stereocenters. The maximum Gasteiger partial charge on any atom is 0.0734 e. The molecule has 0 aromatic heterocycles. The summed E-state index contributed by atoms with van der Waals surface area (Å²) in [6.45, 7) is 6.69. The highest BCUT2D eigenvalue weighted by atomic mass is 15.1. The Morgan fingerprint density at radius 2 is 0.843 bits per heavy atom. The van der Waals surface area contributed by atoms with Crippen molar-refractivity contribution in [1.82, 2.24) is 0 Å². The number of benzene rings is 10. The fraction of sp³-hybridized carbons (Fsp3) is 0.0435. The smallest absolute Gasteiger partial charge is 0.0734 e. The zero-order valence-electron chi connectivity index (χ0n) is 39.2. The predicted molar refractivity (Wildman–Crippen MR) is 294 cm³/mol. The van der Waals surface area contributed by atoms with Crippen LogP contribution in [0.2, 0.25) is 0 Å². The van der Waals surface area contributed by atoms with Crippen molar-refractivity contribution in [3.63, 3.8) is 0 Å². The predicted octanol–water partition coefficient (Wildman–Crippen LogP) is 17.7. The summed E-state index contributed by atoms with van der Waals surface area (Å²) in [6.07, 6.45) is 8.29.